The molecule has 0 spiro atoms. The van der Waals surface area contributed by atoms with Gasteiger partial charge in [0, 0.05) is 12.8 Å². The average molecular weight is 373 g/mol. The molecule has 2 unspecified atom stereocenters. The molecule has 4 nitrogen and oxygen atoms in total. The number of hydrogen-bond donors (Lipinski definition) is 1. The van der Waals surface area contributed by atoms with Gasteiger partial charge in [-0.2, -0.15) is 26.3 Å². The fourth-order valence-electron chi connectivity index (χ4n) is 1.47. The van der Waals surface area contributed by atoms with E-state index in [0.717, 1.165) is 13.0 Å². The Morgan fingerprint density at radius 2 is 1.80 bits per heavy atom. The maximum absolute atomic E-state index is 12.8. The third-order valence-corrected chi connectivity index (χ3v) is 2.79. The molecule has 0 saturated carbocycles. The molecule has 2 atom stereocenters. The summed E-state index contributed by atoms with van der Waals surface area (Å²) in [6.45, 7) is 5.27. The standard InChI is InChI=1S/C15H21F6N3O/c1-4-5-22-8-13(15(19,20)21)6-11(2)7-23-9-24-10-25-12(3)14(16,17)18/h4-6,10-12,23H,1,7-9H2,2-3H3/b13-6+,22-5?,24-10?. The zero-order chi connectivity index (χ0) is 19.5. The van der Waals surface area contributed by atoms with Crippen LogP contribution < -0.4 is 5.32 Å². The van der Waals surface area contributed by atoms with Crippen LogP contribution in [-0.4, -0.2) is 50.8 Å². The van der Waals surface area contributed by atoms with Crippen molar-refractivity contribution < 1.29 is 31.1 Å². The van der Waals surface area contributed by atoms with Gasteiger partial charge in [-0.3, -0.25) is 10.3 Å². The molecule has 0 aromatic carbocycles. The van der Waals surface area contributed by atoms with Crippen LogP contribution >= 0.6 is 0 Å². The number of aliphatic imine (C=N–C) groups is 2. The quantitative estimate of drug-likeness (QED) is 0.208. The molecule has 1 N–H and O–H groups in total. The predicted molar refractivity (Wildman–Crippen MR) is 84.8 cm³/mol. The molecule has 0 aliphatic rings. The number of ether oxygens (including phenoxy) is 1. The topological polar surface area (TPSA) is 46.0 Å². The summed E-state index contributed by atoms with van der Waals surface area (Å²) < 4.78 is 79.3. The lowest BCUT2D eigenvalue weighted by molar-refractivity contribution is -0.191. The Hall–Kier alpha value is -1.84. The summed E-state index contributed by atoms with van der Waals surface area (Å²) in [5.41, 5.74) is -0.786. The van der Waals surface area contributed by atoms with Crippen LogP contribution in [0.5, 0.6) is 0 Å². The van der Waals surface area contributed by atoms with E-state index in [0.29, 0.717) is 6.40 Å². The van der Waals surface area contributed by atoms with Crippen molar-refractivity contribution in [3.63, 3.8) is 0 Å². The van der Waals surface area contributed by atoms with Crippen LogP contribution in [0.3, 0.4) is 0 Å². The van der Waals surface area contributed by atoms with Crippen LogP contribution in [0.2, 0.25) is 0 Å². The number of hydrogen-bond acceptors (Lipinski definition) is 4. The molecule has 144 valence electrons. The van der Waals surface area contributed by atoms with E-state index in [1.807, 2.05) is 0 Å². The summed E-state index contributed by atoms with van der Waals surface area (Å²) in [7, 11) is 0. The highest BCUT2D eigenvalue weighted by Crippen LogP contribution is 2.27. The fraction of sp³-hybridized carbons (Fsp3) is 0.600. The molecule has 0 aromatic rings. The zero-order valence-electron chi connectivity index (χ0n) is 13.9. The summed E-state index contributed by atoms with van der Waals surface area (Å²) >= 11 is 0. The number of halogens is 6. The van der Waals surface area contributed by atoms with Crippen molar-refractivity contribution in [2.24, 2.45) is 15.9 Å². The van der Waals surface area contributed by atoms with Crippen LogP contribution in [-0.2, 0) is 4.74 Å². The Morgan fingerprint density at radius 1 is 1.16 bits per heavy atom. The number of alkyl halides is 6. The van der Waals surface area contributed by atoms with Crippen molar-refractivity contribution in [3.05, 3.63) is 24.3 Å². The van der Waals surface area contributed by atoms with E-state index in [1.165, 1.54) is 12.3 Å². The highest BCUT2D eigenvalue weighted by molar-refractivity contribution is 5.70. The van der Waals surface area contributed by atoms with Gasteiger partial charge >= 0.3 is 12.4 Å². The number of rotatable bonds is 10. The van der Waals surface area contributed by atoms with Crippen molar-refractivity contribution in [2.45, 2.75) is 32.3 Å². The molecule has 0 heterocycles. The van der Waals surface area contributed by atoms with Gasteiger partial charge in [-0.05, 0) is 12.8 Å². The third kappa shape index (κ3) is 11.4. The monoisotopic (exact) mass is 373 g/mol. The molecule has 0 rings (SSSR count). The molecular formula is C15H21F6N3O. The maximum atomic E-state index is 12.8. The molecule has 0 saturated heterocycles. The van der Waals surface area contributed by atoms with Crippen molar-refractivity contribution in [1.82, 2.24) is 5.32 Å². The van der Waals surface area contributed by atoms with Crippen molar-refractivity contribution in [3.8, 4) is 0 Å². The van der Waals surface area contributed by atoms with Crippen molar-refractivity contribution >= 4 is 12.6 Å². The first-order chi connectivity index (χ1) is 11.5. The van der Waals surface area contributed by atoms with E-state index < -0.39 is 36.5 Å². The molecule has 0 amide bonds. The van der Waals surface area contributed by atoms with E-state index in [4.69, 9.17) is 0 Å². The first-order valence-electron chi connectivity index (χ1n) is 7.28. The minimum absolute atomic E-state index is 0.0846. The molecular weight excluding hydrogens is 352 g/mol. The Kier molecular flexibility index (Phi) is 10.1. The van der Waals surface area contributed by atoms with E-state index in [1.54, 1.807) is 6.92 Å². The van der Waals surface area contributed by atoms with Crippen LogP contribution in [0.1, 0.15) is 13.8 Å². The van der Waals surface area contributed by atoms with Gasteiger partial charge in [-0.15, -0.1) is 0 Å². The number of nitrogens with one attached hydrogen (secondary N) is 1. The van der Waals surface area contributed by atoms with E-state index in [-0.39, 0.29) is 13.2 Å². The van der Waals surface area contributed by atoms with E-state index >= 15 is 0 Å². The lowest BCUT2D eigenvalue weighted by atomic mass is 10.1. The van der Waals surface area contributed by atoms with Crippen LogP contribution in [0.25, 0.3) is 0 Å². The van der Waals surface area contributed by atoms with E-state index in [9.17, 15) is 26.3 Å². The molecule has 0 radical (unpaired) electrons. The molecule has 0 bridgehead atoms. The third-order valence-electron chi connectivity index (χ3n) is 2.79. The van der Waals surface area contributed by atoms with E-state index in [2.05, 4.69) is 26.6 Å². The summed E-state index contributed by atoms with van der Waals surface area (Å²) in [6.07, 6.45) is -6.80. The Labute approximate surface area is 142 Å². The van der Waals surface area contributed by atoms with Gasteiger partial charge in [0.25, 0.3) is 0 Å². The molecule has 10 heteroatoms. The minimum atomic E-state index is -4.49. The van der Waals surface area contributed by atoms with Crippen LogP contribution in [0.15, 0.2) is 34.3 Å². The average Bonchev–Trinajstić information content (AvgIpc) is 2.47. The molecule has 25 heavy (non-hydrogen) atoms. The Balaban J connectivity index is 4.36. The Bertz CT molecular complexity index is 483. The van der Waals surface area contributed by atoms with Crippen molar-refractivity contribution in [2.75, 3.05) is 19.8 Å². The fourth-order valence-corrected chi connectivity index (χ4v) is 1.47. The lowest BCUT2D eigenvalue weighted by Crippen LogP contribution is -2.28. The summed E-state index contributed by atoms with van der Waals surface area (Å²) in [5.74, 6) is -0.485. The Morgan fingerprint density at radius 3 is 2.32 bits per heavy atom. The number of nitrogens with zero attached hydrogens (tertiary/aromatic N) is 2. The maximum Gasteiger partial charge on any atom is 0.425 e. The van der Waals surface area contributed by atoms with Gasteiger partial charge in [0.1, 0.15) is 0 Å². The van der Waals surface area contributed by atoms with Gasteiger partial charge in [-0.25, -0.2) is 4.99 Å². The highest BCUT2D eigenvalue weighted by Gasteiger charge is 2.37. The smallest absolute Gasteiger partial charge is 0.425 e. The second kappa shape index (κ2) is 10.9. The highest BCUT2D eigenvalue weighted by atomic mass is 19.4. The molecule has 0 fully saturated rings. The lowest BCUT2D eigenvalue weighted by Gasteiger charge is -2.14. The second-order valence-electron chi connectivity index (χ2n) is 5.11. The summed E-state index contributed by atoms with van der Waals surface area (Å²) in [5, 5.41) is 2.70. The molecule has 0 aliphatic carbocycles. The normalized spacial score (nSPS) is 16.4. The van der Waals surface area contributed by atoms with Crippen LogP contribution in [0, 0.1) is 5.92 Å². The summed E-state index contributed by atoms with van der Waals surface area (Å²) in [4.78, 5) is 7.13. The largest absolute Gasteiger partial charge is 0.471 e. The van der Waals surface area contributed by atoms with Gasteiger partial charge in [-0.1, -0.05) is 25.7 Å². The van der Waals surface area contributed by atoms with Crippen LogP contribution in [0.4, 0.5) is 26.3 Å². The van der Waals surface area contributed by atoms with Gasteiger partial charge < -0.3 is 4.74 Å². The second-order valence-corrected chi connectivity index (χ2v) is 5.11. The first kappa shape index (κ1) is 23.2. The van der Waals surface area contributed by atoms with Gasteiger partial charge in [0.2, 0.25) is 0 Å². The molecule has 0 aromatic heterocycles. The van der Waals surface area contributed by atoms with Gasteiger partial charge in [0.15, 0.2) is 12.5 Å². The minimum Gasteiger partial charge on any atom is -0.471 e. The molecule has 0 aliphatic heterocycles. The van der Waals surface area contributed by atoms with Gasteiger partial charge in [0.05, 0.1) is 18.8 Å². The van der Waals surface area contributed by atoms with Crippen molar-refractivity contribution in [1.29, 1.82) is 0 Å². The first-order valence-corrected chi connectivity index (χ1v) is 7.28. The SMILES string of the molecule is C=CC=NC/C(=C\C(C)CNCN=COC(C)C(F)(F)F)C(F)(F)F. The predicted octanol–water partition coefficient (Wildman–Crippen LogP) is 3.91. The summed E-state index contributed by atoms with van der Waals surface area (Å²) in [6, 6.07) is 0. The number of allylic oxidation sites excluding steroid dienone is 1. The zero-order valence-corrected chi connectivity index (χ0v) is 13.9.